The van der Waals surface area contributed by atoms with Gasteiger partial charge < -0.3 is 9.42 Å². The molecule has 3 aromatic heterocycles. The summed E-state index contributed by atoms with van der Waals surface area (Å²) < 4.78 is 5.58. The lowest BCUT2D eigenvalue weighted by Gasteiger charge is -2.40. The van der Waals surface area contributed by atoms with Crippen molar-refractivity contribution >= 4 is 5.91 Å². The molecule has 5 rings (SSSR count). The SMILES string of the molecule is O=C(c1cccnc1)N1CCC(CC2CC2)(c2noc(-c3cccnc3)n2)CC1. The molecule has 0 spiro atoms. The normalized spacial score (nSPS) is 18.6. The molecule has 29 heavy (non-hydrogen) atoms. The minimum Gasteiger partial charge on any atom is -0.339 e. The van der Waals surface area contributed by atoms with Crippen LogP contribution in [0.1, 0.15) is 48.3 Å². The third-order valence-electron chi connectivity index (χ3n) is 6.10. The summed E-state index contributed by atoms with van der Waals surface area (Å²) in [5.74, 6) is 2.06. The van der Waals surface area contributed by atoms with E-state index in [2.05, 4.69) is 15.1 Å². The summed E-state index contributed by atoms with van der Waals surface area (Å²) >= 11 is 0. The van der Waals surface area contributed by atoms with Crippen LogP contribution in [0.4, 0.5) is 0 Å². The predicted molar refractivity (Wildman–Crippen MR) is 106 cm³/mol. The molecule has 7 heteroatoms. The summed E-state index contributed by atoms with van der Waals surface area (Å²) in [5.41, 5.74) is 1.34. The van der Waals surface area contributed by atoms with Gasteiger partial charge in [0.05, 0.1) is 11.1 Å². The lowest BCUT2D eigenvalue weighted by atomic mass is 9.73. The smallest absolute Gasteiger partial charge is 0.259 e. The first-order valence-electron chi connectivity index (χ1n) is 10.2. The zero-order valence-corrected chi connectivity index (χ0v) is 16.2. The van der Waals surface area contributed by atoms with E-state index in [0.717, 1.165) is 36.6 Å². The quantitative estimate of drug-likeness (QED) is 0.664. The van der Waals surface area contributed by atoms with Gasteiger partial charge in [-0.05, 0) is 49.4 Å². The van der Waals surface area contributed by atoms with Gasteiger partial charge in [0.2, 0.25) is 0 Å². The highest BCUT2D eigenvalue weighted by atomic mass is 16.5. The maximum atomic E-state index is 12.8. The molecule has 1 saturated carbocycles. The molecule has 3 aromatic rings. The van der Waals surface area contributed by atoms with Crippen LogP contribution in [0, 0.1) is 5.92 Å². The van der Waals surface area contributed by atoms with Crippen molar-refractivity contribution in [3.63, 3.8) is 0 Å². The van der Waals surface area contributed by atoms with Crippen LogP contribution < -0.4 is 0 Å². The number of rotatable bonds is 5. The topological polar surface area (TPSA) is 85.0 Å². The molecular formula is C22H23N5O2. The second kappa shape index (κ2) is 7.39. The van der Waals surface area contributed by atoms with Gasteiger partial charge >= 0.3 is 0 Å². The number of hydrogen-bond donors (Lipinski definition) is 0. The van der Waals surface area contributed by atoms with Gasteiger partial charge in [-0.1, -0.05) is 18.0 Å². The molecule has 1 aliphatic heterocycles. The fourth-order valence-electron chi connectivity index (χ4n) is 4.25. The zero-order valence-electron chi connectivity index (χ0n) is 16.2. The van der Waals surface area contributed by atoms with Gasteiger partial charge in [-0.25, -0.2) is 0 Å². The van der Waals surface area contributed by atoms with Crippen molar-refractivity contribution in [2.24, 2.45) is 5.92 Å². The monoisotopic (exact) mass is 389 g/mol. The maximum absolute atomic E-state index is 12.8. The van der Waals surface area contributed by atoms with Gasteiger partial charge in [0.15, 0.2) is 5.82 Å². The van der Waals surface area contributed by atoms with Gasteiger partial charge in [0.25, 0.3) is 11.8 Å². The molecule has 0 radical (unpaired) electrons. The van der Waals surface area contributed by atoms with E-state index in [9.17, 15) is 4.79 Å². The van der Waals surface area contributed by atoms with Crippen LogP contribution in [0.3, 0.4) is 0 Å². The number of amides is 1. The van der Waals surface area contributed by atoms with Crippen LogP contribution in [0.15, 0.2) is 53.6 Å². The average molecular weight is 389 g/mol. The van der Waals surface area contributed by atoms with Gasteiger partial charge in [-0.2, -0.15) is 4.98 Å². The van der Waals surface area contributed by atoms with Crippen molar-refractivity contribution in [1.29, 1.82) is 0 Å². The second-order valence-corrected chi connectivity index (χ2v) is 8.13. The third kappa shape index (κ3) is 3.64. The first kappa shape index (κ1) is 18.0. The Balaban J connectivity index is 1.36. The molecule has 1 saturated heterocycles. The van der Waals surface area contributed by atoms with E-state index in [1.165, 1.54) is 12.8 Å². The van der Waals surface area contributed by atoms with Crippen LogP contribution in [-0.2, 0) is 5.41 Å². The highest BCUT2D eigenvalue weighted by Crippen LogP contribution is 2.46. The largest absolute Gasteiger partial charge is 0.339 e. The second-order valence-electron chi connectivity index (χ2n) is 8.13. The molecule has 1 amide bonds. The Kier molecular flexibility index (Phi) is 4.58. The standard InChI is InChI=1S/C22H23N5O2/c28-20(18-4-2-10-24-15-18)27-11-7-22(8-12-27,13-16-5-6-16)21-25-19(29-26-21)17-3-1-9-23-14-17/h1-4,9-10,14-16H,5-8,11-13H2. The van der Waals surface area contributed by atoms with Gasteiger partial charge in [0, 0.05) is 43.3 Å². The summed E-state index contributed by atoms with van der Waals surface area (Å²) in [7, 11) is 0. The molecule has 0 bridgehead atoms. The fraction of sp³-hybridized carbons (Fsp3) is 0.409. The lowest BCUT2D eigenvalue weighted by Crippen LogP contribution is -2.46. The van der Waals surface area contributed by atoms with E-state index in [4.69, 9.17) is 9.51 Å². The maximum Gasteiger partial charge on any atom is 0.259 e. The van der Waals surface area contributed by atoms with Crippen LogP contribution in [0.25, 0.3) is 11.5 Å². The summed E-state index contributed by atoms with van der Waals surface area (Å²) in [5, 5.41) is 4.37. The molecule has 2 fully saturated rings. The van der Waals surface area contributed by atoms with Crippen LogP contribution in [0.5, 0.6) is 0 Å². The highest BCUT2D eigenvalue weighted by Gasteiger charge is 2.44. The number of carbonyl (C=O) groups is 1. The molecule has 148 valence electrons. The van der Waals surface area contributed by atoms with Crippen molar-refractivity contribution in [3.05, 3.63) is 60.4 Å². The average Bonchev–Trinajstić information content (AvgIpc) is 3.45. The summed E-state index contributed by atoms with van der Waals surface area (Å²) in [6.07, 6.45) is 12.1. The van der Waals surface area contributed by atoms with Crippen molar-refractivity contribution in [2.45, 2.75) is 37.5 Å². The van der Waals surface area contributed by atoms with Crippen molar-refractivity contribution in [1.82, 2.24) is 25.0 Å². The number of likely N-dealkylation sites (tertiary alicyclic amines) is 1. The molecular weight excluding hydrogens is 366 g/mol. The summed E-state index contributed by atoms with van der Waals surface area (Å²) in [6, 6.07) is 7.41. The van der Waals surface area contributed by atoms with E-state index in [-0.39, 0.29) is 11.3 Å². The van der Waals surface area contributed by atoms with Crippen molar-refractivity contribution in [2.75, 3.05) is 13.1 Å². The number of nitrogens with zero attached hydrogens (tertiary/aromatic N) is 5. The van der Waals surface area contributed by atoms with Crippen LogP contribution in [-0.4, -0.2) is 44.0 Å². The third-order valence-corrected chi connectivity index (χ3v) is 6.10. The predicted octanol–water partition coefficient (Wildman–Crippen LogP) is 3.50. The van der Waals surface area contributed by atoms with E-state index in [1.54, 1.807) is 30.9 Å². The molecule has 2 aliphatic rings. The Morgan fingerprint density at radius 3 is 2.52 bits per heavy atom. The first-order valence-corrected chi connectivity index (χ1v) is 10.2. The molecule has 1 aliphatic carbocycles. The minimum absolute atomic E-state index is 0.0438. The number of piperidine rings is 1. The fourth-order valence-corrected chi connectivity index (χ4v) is 4.25. The Labute approximate surface area is 169 Å². The lowest BCUT2D eigenvalue weighted by molar-refractivity contribution is 0.0645. The van der Waals surface area contributed by atoms with Crippen molar-refractivity contribution < 1.29 is 9.32 Å². The highest BCUT2D eigenvalue weighted by molar-refractivity contribution is 5.93. The number of carbonyl (C=O) groups excluding carboxylic acids is 1. The van der Waals surface area contributed by atoms with Gasteiger partial charge in [-0.15, -0.1) is 0 Å². The van der Waals surface area contributed by atoms with Gasteiger partial charge in [0.1, 0.15) is 0 Å². The Morgan fingerprint density at radius 2 is 1.86 bits per heavy atom. The molecule has 0 unspecified atom stereocenters. The molecule has 0 atom stereocenters. The molecule has 0 N–H and O–H groups in total. The summed E-state index contributed by atoms with van der Waals surface area (Å²) in [6.45, 7) is 1.38. The molecule has 7 nitrogen and oxygen atoms in total. The molecule has 4 heterocycles. The van der Waals surface area contributed by atoms with Gasteiger partial charge in [-0.3, -0.25) is 14.8 Å². The first-order chi connectivity index (χ1) is 14.2. The van der Waals surface area contributed by atoms with E-state index < -0.39 is 0 Å². The Hall–Kier alpha value is -3.09. The number of hydrogen-bond acceptors (Lipinski definition) is 6. The van der Waals surface area contributed by atoms with Crippen LogP contribution >= 0.6 is 0 Å². The van der Waals surface area contributed by atoms with Crippen LogP contribution in [0.2, 0.25) is 0 Å². The van der Waals surface area contributed by atoms with Crippen molar-refractivity contribution in [3.8, 4) is 11.5 Å². The van der Waals surface area contributed by atoms with E-state index in [0.29, 0.717) is 24.5 Å². The Bertz CT molecular complexity index is 977. The van der Waals surface area contributed by atoms with E-state index in [1.807, 2.05) is 23.1 Å². The number of pyridine rings is 2. The Morgan fingerprint density at radius 1 is 1.10 bits per heavy atom. The van der Waals surface area contributed by atoms with E-state index >= 15 is 0 Å². The zero-order chi connectivity index (χ0) is 19.7. The summed E-state index contributed by atoms with van der Waals surface area (Å²) in [4.78, 5) is 27.7. The number of aromatic nitrogens is 4. The molecule has 0 aromatic carbocycles. The minimum atomic E-state index is -0.128.